The maximum atomic E-state index is 13.3. The zero-order chi connectivity index (χ0) is 16.7. The second-order valence-electron chi connectivity index (χ2n) is 5.91. The molecule has 1 saturated carbocycles. The number of nitrogens with two attached hydrogens (primary N) is 1. The Bertz CT molecular complexity index is 661. The fourth-order valence-electron chi connectivity index (χ4n) is 3.07. The monoisotopic (exact) mass is 340 g/mol. The minimum Gasteiger partial charge on any atom is -0.364 e. The molecule has 0 bridgehead atoms. The first-order valence-corrected chi connectivity index (χ1v) is 8.30. The van der Waals surface area contributed by atoms with Gasteiger partial charge < -0.3 is 16.0 Å². The molecule has 3 atom stereocenters. The lowest BCUT2D eigenvalue weighted by Crippen LogP contribution is -2.51. The van der Waals surface area contributed by atoms with E-state index in [1.54, 1.807) is 0 Å². The van der Waals surface area contributed by atoms with Crippen molar-refractivity contribution in [1.82, 2.24) is 9.88 Å². The molecule has 1 amide bonds. The molecule has 124 valence electrons. The fraction of sp³-hybridized carbons (Fsp3) is 0.467. The number of primary amides is 1. The Labute approximate surface area is 137 Å². The number of halogens is 2. The second kappa shape index (κ2) is 5.99. The van der Waals surface area contributed by atoms with Crippen LogP contribution in [0.1, 0.15) is 26.7 Å². The number of rotatable bonds is 4. The van der Waals surface area contributed by atoms with Gasteiger partial charge in [-0.2, -0.15) is 13.8 Å². The van der Waals surface area contributed by atoms with Crippen LogP contribution in [-0.4, -0.2) is 27.3 Å². The lowest BCUT2D eigenvalue weighted by atomic mass is 9.80. The zero-order valence-electron chi connectivity index (χ0n) is 12.8. The summed E-state index contributed by atoms with van der Waals surface area (Å²) in [4.78, 5) is 17.7. The van der Waals surface area contributed by atoms with Crippen LogP contribution in [0.3, 0.4) is 0 Å². The van der Waals surface area contributed by atoms with Crippen molar-refractivity contribution in [2.75, 3.05) is 5.32 Å². The second-order valence-corrected chi connectivity index (χ2v) is 7.21. The molecule has 2 aliphatic rings. The van der Waals surface area contributed by atoms with Crippen LogP contribution in [-0.2, 0) is 4.79 Å². The van der Waals surface area contributed by atoms with E-state index < -0.39 is 17.8 Å². The van der Waals surface area contributed by atoms with Gasteiger partial charge in [0.2, 0.25) is 11.9 Å². The summed E-state index contributed by atoms with van der Waals surface area (Å²) in [6.45, 7) is 3.95. The molecular formula is C15H18F2N4OS. The van der Waals surface area contributed by atoms with Crippen molar-refractivity contribution in [1.29, 1.82) is 0 Å². The molecule has 0 saturated heterocycles. The number of nitrogens with zero attached hydrogens (tertiary/aromatic N) is 2. The number of thioether (sulfide) groups is 1. The lowest BCUT2D eigenvalue weighted by molar-refractivity contribution is -0.116. The van der Waals surface area contributed by atoms with Gasteiger partial charge in [-0.15, -0.1) is 0 Å². The molecule has 5 nitrogen and oxygen atoms in total. The molecule has 0 spiro atoms. The van der Waals surface area contributed by atoms with Crippen molar-refractivity contribution >= 4 is 23.4 Å². The van der Waals surface area contributed by atoms with E-state index in [1.165, 1.54) is 11.8 Å². The first kappa shape index (κ1) is 16.0. The van der Waals surface area contributed by atoms with Crippen LogP contribution in [0.25, 0.3) is 0 Å². The Morgan fingerprint density at radius 1 is 1.39 bits per heavy atom. The highest BCUT2D eigenvalue weighted by Gasteiger charge is 2.43. The van der Waals surface area contributed by atoms with Crippen LogP contribution in [0.4, 0.5) is 14.5 Å². The SMILES string of the molecule is CC1=C(C(N)=O)N(C2CCC2C)C(Nc2cc(F)nc(F)c2)S1. The molecule has 3 rings (SSSR count). The predicted octanol–water partition coefficient (Wildman–Crippen LogP) is 2.62. The molecule has 23 heavy (non-hydrogen) atoms. The topological polar surface area (TPSA) is 71.2 Å². The summed E-state index contributed by atoms with van der Waals surface area (Å²) < 4.78 is 26.6. The van der Waals surface area contributed by atoms with E-state index in [0.29, 0.717) is 11.6 Å². The summed E-state index contributed by atoms with van der Waals surface area (Å²) in [5, 5.41) is 3.08. The Morgan fingerprint density at radius 3 is 2.52 bits per heavy atom. The smallest absolute Gasteiger partial charge is 0.265 e. The van der Waals surface area contributed by atoms with Crippen LogP contribution in [0.5, 0.6) is 0 Å². The van der Waals surface area contributed by atoms with Crippen LogP contribution >= 0.6 is 11.8 Å². The molecule has 1 aliphatic heterocycles. The highest BCUT2D eigenvalue weighted by atomic mass is 32.2. The van der Waals surface area contributed by atoms with Crippen molar-refractivity contribution in [3.63, 3.8) is 0 Å². The van der Waals surface area contributed by atoms with E-state index in [9.17, 15) is 13.6 Å². The van der Waals surface area contributed by atoms with Gasteiger partial charge in [0.25, 0.3) is 5.91 Å². The number of hydrogen-bond acceptors (Lipinski definition) is 5. The van der Waals surface area contributed by atoms with E-state index in [1.807, 2.05) is 11.8 Å². The maximum Gasteiger partial charge on any atom is 0.265 e. The highest BCUT2D eigenvalue weighted by Crippen LogP contribution is 2.45. The van der Waals surface area contributed by atoms with Crippen LogP contribution in [0.15, 0.2) is 22.7 Å². The summed E-state index contributed by atoms with van der Waals surface area (Å²) in [6.07, 6.45) is 2.05. The molecule has 1 aromatic heterocycles. The number of amides is 1. The van der Waals surface area contributed by atoms with E-state index in [0.717, 1.165) is 29.9 Å². The van der Waals surface area contributed by atoms with Crippen LogP contribution in [0, 0.1) is 17.8 Å². The number of allylic oxidation sites excluding steroid dienone is 1. The third-order valence-corrected chi connectivity index (χ3v) is 5.47. The first-order chi connectivity index (χ1) is 10.9. The lowest BCUT2D eigenvalue weighted by Gasteiger charge is -2.45. The van der Waals surface area contributed by atoms with Gasteiger partial charge in [0.05, 0.1) is 0 Å². The van der Waals surface area contributed by atoms with Gasteiger partial charge in [0, 0.05) is 28.8 Å². The molecule has 2 heterocycles. The number of carbonyl (C=O) groups excluding carboxylic acids is 1. The standard InChI is InChI=1S/C15H18F2N4OS/c1-7-3-4-10(7)21-13(14(18)22)8(2)23-15(21)19-9-5-11(16)20-12(17)6-9/h5-7,10,15H,3-4H2,1-2H3,(H2,18,22)(H,19,20). The summed E-state index contributed by atoms with van der Waals surface area (Å²) in [5.74, 6) is -1.82. The average molecular weight is 340 g/mol. The molecule has 1 aromatic rings. The Balaban J connectivity index is 1.87. The molecule has 8 heteroatoms. The molecule has 3 N–H and O–H groups in total. The predicted molar refractivity (Wildman–Crippen MR) is 85.1 cm³/mol. The van der Waals surface area contributed by atoms with E-state index in [4.69, 9.17) is 5.73 Å². The minimum atomic E-state index is -0.890. The zero-order valence-corrected chi connectivity index (χ0v) is 13.7. The van der Waals surface area contributed by atoms with Crippen molar-refractivity contribution in [2.45, 2.75) is 38.2 Å². The van der Waals surface area contributed by atoms with Gasteiger partial charge >= 0.3 is 0 Å². The van der Waals surface area contributed by atoms with Crippen LogP contribution in [0.2, 0.25) is 0 Å². The molecule has 0 aromatic carbocycles. The van der Waals surface area contributed by atoms with Gasteiger partial charge in [0.15, 0.2) is 5.50 Å². The fourth-order valence-corrected chi connectivity index (χ4v) is 4.29. The molecular weight excluding hydrogens is 322 g/mol. The molecule has 1 aliphatic carbocycles. The third-order valence-electron chi connectivity index (χ3n) is 4.35. The van der Waals surface area contributed by atoms with Gasteiger partial charge in [0.1, 0.15) is 5.70 Å². The van der Waals surface area contributed by atoms with Crippen molar-refractivity contribution < 1.29 is 13.6 Å². The maximum absolute atomic E-state index is 13.3. The van der Waals surface area contributed by atoms with Crippen LogP contribution < -0.4 is 11.1 Å². The average Bonchev–Trinajstić information content (AvgIpc) is 2.72. The number of aromatic nitrogens is 1. The Kier molecular flexibility index (Phi) is 4.18. The first-order valence-electron chi connectivity index (χ1n) is 7.42. The number of pyridine rings is 1. The number of anilines is 1. The summed E-state index contributed by atoms with van der Waals surface area (Å²) in [7, 11) is 0. The summed E-state index contributed by atoms with van der Waals surface area (Å²) >= 11 is 1.42. The van der Waals surface area contributed by atoms with Crippen molar-refractivity contribution in [2.24, 2.45) is 11.7 Å². The van der Waals surface area contributed by atoms with E-state index in [2.05, 4.69) is 17.2 Å². The molecule has 0 radical (unpaired) electrons. The molecule has 1 fully saturated rings. The van der Waals surface area contributed by atoms with Crippen molar-refractivity contribution in [3.8, 4) is 0 Å². The number of nitrogens with one attached hydrogen (secondary N) is 1. The third kappa shape index (κ3) is 2.99. The van der Waals surface area contributed by atoms with E-state index in [-0.39, 0.29) is 17.2 Å². The van der Waals surface area contributed by atoms with Gasteiger partial charge in [-0.05, 0) is 25.7 Å². The van der Waals surface area contributed by atoms with E-state index >= 15 is 0 Å². The number of hydrogen-bond donors (Lipinski definition) is 2. The quantitative estimate of drug-likeness (QED) is 0.825. The minimum absolute atomic E-state index is 0.191. The summed E-state index contributed by atoms with van der Waals surface area (Å²) in [5.41, 5.74) is 5.97. The Morgan fingerprint density at radius 2 is 2.04 bits per heavy atom. The summed E-state index contributed by atoms with van der Waals surface area (Å²) in [6, 6.07) is 2.45. The van der Waals surface area contributed by atoms with Gasteiger partial charge in [-0.1, -0.05) is 18.7 Å². The van der Waals surface area contributed by atoms with Gasteiger partial charge in [-0.3, -0.25) is 4.79 Å². The Hall–Kier alpha value is -1.83. The molecule has 3 unspecified atom stereocenters. The largest absolute Gasteiger partial charge is 0.364 e. The highest BCUT2D eigenvalue weighted by molar-refractivity contribution is 8.04. The normalized spacial score (nSPS) is 27.1. The van der Waals surface area contributed by atoms with Crippen molar-refractivity contribution in [3.05, 3.63) is 34.6 Å². The number of carbonyl (C=O) groups is 1. The van der Waals surface area contributed by atoms with Gasteiger partial charge in [-0.25, -0.2) is 0 Å².